The topological polar surface area (TPSA) is 47.0 Å². The van der Waals surface area contributed by atoms with Crippen LogP contribution in [-0.4, -0.2) is 29.7 Å². The lowest BCUT2D eigenvalue weighted by Gasteiger charge is -2.13. The summed E-state index contributed by atoms with van der Waals surface area (Å²) in [7, 11) is 0. The van der Waals surface area contributed by atoms with Gasteiger partial charge in [-0.1, -0.05) is 12.8 Å². The zero-order valence-corrected chi connectivity index (χ0v) is 12.1. The number of nitrogens with one attached hydrogen (secondary N) is 1. The molecule has 1 saturated carbocycles. The summed E-state index contributed by atoms with van der Waals surface area (Å²) >= 11 is 0. The van der Waals surface area contributed by atoms with Gasteiger partial charge < -0.3 is 10.1 Å². The Kier molecular flexibility index (Phi) is 5.58. The molecule has 0 atom stereocenters. The van der Waals surface area contributed by atoms with Crippen molar-refractivity contribution in [1.82, 2.24) is 9.97 Å². The van der Waals surface area contributed by atoms with E-state index in [1.54, 1.807) is 0 Å². The highest BCUT2D eigenvalue weighted by atomic mass is 16.5. The van der Waals surface area contributed by atoms with E-state index in [9.17, 15) is 0 Å². The molecule has 1 aromatic rings. The molecule has 0 unspecified atom stereocenters. The van der Waals surface area contributed by atoms with Crippen LogP contribution in [0.5, 0.6) is 0 Å². The van der Waals surface area contributed by atoms with Crippen molar-refractivity contribution in [3.8, 4) is 0 Å². The molecule has 0 aromatic carbocycles. The van der Waals surface area contributed by atoms with Gasteiger partial charge in [-0.05, 0) is 26.7 Å². The van der Waals surface area contributed by atoms with Crippen molar-refractivity contribution in [3.63, 3.8) is 0 Å². The molecule has 106 valence electrons. The molecule has 4 heteroatoms. The van der Waals surface area contributed by atoms with Crippen LogP contribution in [0, 0.1) is 0 Å². The summed E-state index contributed by atoms with van der Waals surface area (Å²) in [5, 5.41) is 3.31. The first-order chi connectivity index (χ1) is 9.33. The van der Waals surface area contributed by atoms with Crippen molar-refractivity contribution in [2.24, 2.45) is 0 Å². The van der Waals surface area contributed by atoms with Crippen LogP contribution < -0.4 is 5.32 Å². The van der Waals surface area contributed by atoms with Gasteiger partial charge in [-0.15, -0.1) is 0 Å². The minimum absolute atomic E-state index is 0.631. The van der Waals surface area contributed by atoms with Gasteiger partial charge in [0.15, 0.2) is 0 Å². The normalized spacial score (nSPS) is 15.9. The smallest absolute Gasteiger partial charge is 0.133 e. The van der Waals surface area contributed by atoms with Gasteiger partial charge in [0.05, 0.1) is 6.61 Å². The lowest BCUT2D eigenvalue weighted by Crippen LogP contribution is -2.10. The standard InChI is InChI=1S/C15H25N3O/c1-3-16-15-11-13(12-7-5-6-8-12)17-14(18-15)9-10-19-4-2/h11-12H,3-10H2,1-2H3,(H,16,17,18). The third-order valence-corrected chi connectivity index (χ3v) is 3.60. The first-order valence-corrected chi connectivity index (χ1v) is 7.53. The number of hydrogen-bond acceptors (Lipinski definition) is 4. The van der Waals surface area contributed by atoms with Gasteiger partial charge in [0, 0.05) is 37.3 Å². The molecule has 1 aliphatic rings. The molecule has 19 heavy (non-hydrogen) atoms. The van der Waals surface area contributed by atoms with Crippen LogP contribution in [-0.2, 0) is 11.2 Å². The largest absolute Gasteiger partial charge is 0.381 e. The highest BCUT2D eigenvalue weighted by molar-refractivity contribution is 5.37. The van der Waals surface area contributed by atoms with Crippen LogP contribution in [0.1, 0.15) is 57.0 Å². The summed E-state index contributed by atoms with van der Waals surface area (Å²) in [6.07, 6.45) is 6.01. The summed E-state index contributed by atoms with van der Waals surface area (Å²) in [4.78, 5) is 9.30. The summed E-state index contributed by atoms with van der Waals surface area (Å²) in [6, 6.07) is 2.13. The fourth-order valence-electron chi connectivity index (χ4n) is 2.64. The van der Waals surface area contributed by atoms with E-state index in [0.717, 1.165) is 31.2 Å². The second kappa shape index (κ2) is 7.43. The van der Waals surface area contributed by atoms with E-state index >= 15 is 0 Å². The molecule has 4 nitrogen and oxygen atoms in total. The SMILES string of the molecule is CCNc1cc(C2CCCC2)nc(CCOCC)n1. The van der Waals surface area contributed by atoms with Crippen LogP contribution in [0.3, 0.4) is 0 Å². The molecular weight excluding hydrogens is 238 g/mol. The molecule has 1 aromatic heterocycles. The van der Waals surface area contributed by atoms with E-state index in [4.69, 9.17) is 9.72 Å². The average Bonchev–Trinajstić information content (AvgIpc) is 2.93. The highest BCUT2D eigenvalue weighted by Crippen LogP contribution is 2.33. The molecule has 2 rings (SSSR count). The van der Waals surface area contributed by atoms with Gasteiger partial charge in [0.25, 0.3) is 0 Å². The third kappa shape index (κ3) is 4.16. The number of nitrogens with zero attached hydrogens (tertiary/aromatic N) is 2. The van der Waals surface area contributed by atoms with Gasteiger partial charge in [-0.25, -0.2) is 9.97 Å². The Morgan fingerprint density at radius 1 is 1.26 bits per heavy atom. The third-order valence-electron chi connectivity index (χ3n) is 3.60. The van der Waals surface area contributed by atoms with E-state index in [0.29, 0.717) is 12.5 Å². The minimum Gasteiger partial charge on any atom is -0.381 e. The van der Waals surface area contributed by atoms with Gasteiger partial charge in [-0.2, -0.15) is 0 Å². The maximum absolute atomic E-state index is 5.40. The van der Waals surface area contributed by atoms with Gasteiger partial charge in [-0.3, -0.25) is 0 Å². The van der Waals surface area contributed by atoms with Crippen molar-refractivity contribution in [1.29, 1.82) is 0 Å². The molecule has 0 radical (unpaired) electrons. The summed E-state index contributed by atoms with van der Waals surface area (Å²) in [6.45, 7) is 6.46. The van der Waals surface area contributed by atoms with Gasteiger partial charge in [0.1, 0.15) is 11.6 Å². The lowest BCUT2D eigenvalue weighted by atomic mass is 10.0. The fourth-order valence-corrected chi connectivity index (χ4v) is 2.64. The molecule has 0 amide bonds. The molecular formula is C15H25N3O. The molecule has 1 fully saturated rings. The van der Waals surface area contributed by atoms with E-state index < -0.39 is 0 Å². The maximum atomic E-state index is 5.40. The van der Waals surface area contributed by atoms with E-state index in [1.165, 1.54) is 31.4 Å². The van der Waals surface area contributed by atoms with Crippen molar-refractivity contribution in [3.05, 3.63) is 17.6 Å². The zero-order chi connectivity index (χ0) is 13.5. The predicted molar refractivity (Wildman–Crippen MR) is 77.6 cm³/mol. The van der Waals surface area contributed by atoms with Crippen LogP contribution in [0.25, 0.3) is 0 Å². The molecule has 0 bridgehead atoms. The number of ether oxygens (including phenoxy) is 1. The summed E-state index contributed by atoms with van der Waals surface area (Å²) < 4.78 is 5.40. The summed E-state index contributed by atoms with van der Waals surface area (Å²) in [5.74, 6) is 2.51. The van der Waals surface area contributed by atoms with E-state index in [2.05, 4.69) is 23.3 Å². The van der Waals surface area contributed by atoms with Crippen LogP contribution >= 0.6 is 0 Å². The number of hydrogen-bond donors (Lipinski definition) is 1. The van der Waals surface area contributed by atoms with E-state index in [1.807, 2.05) is 6.92 Å². The van der Waals surface area contributed by atoms with Crippen molar-refractivity contribution >= 4 is 5.82 Å². The average molecular weight is 263 g/mol. The van der Waals surface area contributed by atoms with Crippen molar-refractivity contribution < 1.29 is 4.74 Å². The van der Waals surface area contributed by atoms with Crippen LogP contribution in [0.2, 0.25) is 0 Å². The zero-order valence-electron chi connectivity index (χ0n) is 12.1. The maximum Gasteiger partial charge on any atom is 0.133 e. The Balaban J connectivity index is 2.11. The van der Waals surface area contributed by atoms with Crippen molar-refractivity contribution in [2.75, 3.05) is 25.1 Å². The summed E-state index contributed by atoms with van der Waals surface area (Å²) in [5.41, 5.74) is 1.22. The van der Waals surface area contributed by atoms with E-state index in [-0.39, 0.29) is 0 Å². The first-order valence-electron chi connectivity index (χ1n) is 7.53. The Hall–Kier alpha value is -1.16. The second-order valence-corrected chi connectivity index (χ2v) is 5.05. The number of anilines is 1. The van der Waals surface area contributed by atoms with Gasteiger partial charge in [0.2, 0.25) is 0 Å². The first kappa shape index (κ1) is 14.3. The minimum atomic E-state index is 0.631. The monoisotopic (exact) mass is 263 g/mol. The molecule has 0 aliphatic heterocycles. The Morgan fingerprint density at radius 2 is 2.05 bits per heavy atom. The molecule has 0 saturated heterocycles. The molecule has 1 N–H and O–H groups in total. The van der Waals surface area contributed by atoms with Crippen LogP contribution in [0.4, 0.5) is 5.82 Å². The van der Waals surface area contributed by atoms with Crippen LogP contribution in [0.15, 0.2) is 6.07 Å². The number of aromatic nitrogens is 2. The lowest BCUT2D eigenvalue weighted by molar-refractivity contribution is 0.149. The second-order valence-electron chi connectivity index (χ2n) is 5.05. The quantitative estimate of drug-likeness (QED) is 0.768. The Morgan fingerprint density at radius 3 is 2.74 bits per heavy atom. The predicted octanol–water partition coefficient (Wildman–Crippen LogP) is 3.15. The fraction of sp³-hybridized carbons (Fsp3) is 0.733. The molecule has 0 spiro atoms. The highest BCUT2D eigenvalue weighted by Gasteiger charge is 2.19. The number of rotatable bonds is 7. The van der Waals surface area contributed by atoms with Crippen molar-refractivity contribution in [2.45, 2.75) is 51.9 Å². The van der Waals surface area contributed by atoms with Gasteiger partial charge >= 0.3 is 0 Å². The molecule has 1 aliphatic carbocycles. The Labute approximate surface area is 116 Å². The molecule has 1 heterocycles. The Bertz CT molecular complexity index is 389.